The Morgan fingerprint density at radius 2 is 2.06 bits per heavy atom. The predicted octanol–water partition coefficient (Wildman–Crippen LogP) is 3.13. The van der Waals surface area contributed by atoms with Gasteiger partial charge in [0.2, 0.25) is 0 Å². The van der Waals surface area contributed by atoms with E-state index >= 15 is 0 Å². The summed E-state index contributed by atoms with van der Waals surface area (Å²) in [4.78, 5) is 2.67. The van der Waals surface area contributed by atoms with Crippen molar-refractivity contribution in [2.75, 3.05) is 26.7 Å². The highest BCUT2D eigenvalue weighted by molar-refractivity contribution is 4.79. The van der Waals surface area contributed by atoms with Gasteiger partial charge in [0.05, 0.1) is 0 Å². The van der Waals surface area contributed by atoms with Crippen molar-refractivity contribution >= 4 is 0 Å². The van der Waals surface area contributed by atoms with Gasteiger partial charge in [0.1, 0.15) is 0 Å². The van der Waals surface area contributed by atoms with Gasteiger partial charge >= 0.3 is 0 Å². The van der Waals surface area contributed by atoms with E-state index in [0.717, 1.165) is 5.92 Å². The first-order chi connectivity index (χ1) is 7.92. The van der Waals surface area contributed by atoms with Crippen LogP contribution in [0.3, 0.4) is 0 Å². The number of rotatable bonds is 5. The first-order valence-corrected chi connectivity index (χ1v) is 7.32. The van der Waals surface area contributed by atoms with Crippen LogP contribution in [-0.4, -0.2) is 37.6 Å². The van der Waals surface area contributed by atoms with Crippen LogP contribution >= 0.6 is 0 Å². The summed E-state index contributed by atoms with van der Waals surface area (Å²) in [6, 6.07) is 0.667. The van der Waals surface area contributed by atoms with E-state index in [4.69, 9.17) is 0 Å². The van der Waals surface area contributed by atoms with Crippen molar-refractivity contribution in [2.24, 2.45) is 11.3 Å². The Bertz CT molecular complexity index is 207. The SMILES string of the molecule is CNC(C)C1CCCN(CCCC(C)(C)C)C1. The van der Waals surface area contributed by atoms with Gasteiger partial charge in [-0.2, -0.15) is 0 Å². The molecule has 0 aromatic heterocycles. The van der Waals surface area contributed by atoms with Gasteiger partial charge in [-0.05, 0) is 64.1 Å². The molecule has 1 heterocycles. The molecule has 0 aliphatic carbocycles. The normalized spacial score (nSPS) is 24.9. The molecule has 1 fully saturated rings. The first-order valence-electron chi connectivity index (χ1n) is 7.32. The van der Waals surface area contributed by atoms with E-state index < -0.39 is 0 Å². The second kappa shape index (κ2) is 6.75. The third-order valence-corrected chi connectivity index (χ3v) is 4.11. The van der Waals surface area contributed by atoms with E-state index in [0.29, 0.717) is 11.5 Å². The van der Waals surface area contributed by atoms with E-state index in [2.05, 4.69) is 45.0 Å². The molecular weight excluding hydrogens is 208 g/mol. The fraction of sp³-hybridized carbons (Fsp3) is 1.00. The fourth-order valence-electron chi connectivity index (χ4n) is 2.77. The summed E-state index contributed by atoms with van der Waals surface area (Å²) in [7, 11) is 2.09. The Morgan fingerprint density at radius 3 is 2.65 bits per heavy atom. The van der Waals surface area contributed by atoms with Gasteiger partial charge in [0, 0.05) is 12.6 Å². The number of hydrogen-bond acceptors (Lipinski definition) is 2. The van der Waals surface area contributed by atoms with Crippen LogP contribution in [0.2, 0.25) is 0 Å². The predicted molar refractivity (Wildman–Crippen MR) is 76.4 cm³/mol. The number of likely N-dealkylation sites (tertiary alicyclic amines) is 1. The van der Waals surface area contributed by atoms with Crippen LogP contribution in [0, 0.1) is 11.3 Å². The van der Waals surface area contributed by atoms with E-state index in [1.54, 1.807) is 0 Å². The molecule has 0 aromatic rings. The van der Waals surface area contributed by atoms with Crippen molar-refractivity contribution in [1.82, 2.24) is 10.2 Å². The summed E-state index contributed by atoms with van der Waals surface area (Å²) in [6.45, 7) is 13.3. The maximum absolute atomic E-state index is 3.41. The molecule has 1 aliphatic rings. The van der Waals surface area contributed by atoms with Crippen molar-refractivity contribution in [1.29, 1.82) is 0 Å². The molecule has 1 rings (SSSR count). The lowest BCUT2D eigenvalue weighted by Crippen LogP contribution is -2.43. The molecule has 2 nitrogen and oxygen atoms in total. The van der Waals surface area contributed by atoms with E-state index in [1.165, 1.54) is 45.3 Å². The van der Waals surface area contributed by atoms with E-state index in [9.17, 15) is 0 Å². The first kappa shape index (κ1) is 15.0. The summed E-state index contributed by atoms with van der Waals surface area (Å²) in [5.41, 5.74) is 0.494. The summed E-state index contributed by atoms with van der Waals surface area (Å²) in [5.74, 6) is 0.850. The van der Waals surface area contributed by atoms with Gasteiger partial charge < -0.3 is 10.2 Å². The Morgan fingerprint density at radius 1 is 1.35 bits per heavy atom. The van der Waals surface area contributed by atoms with Crippen LogP contribution in [0.15, 0.2) is 0 Å². The topological polar surface area (TPSA) is 15.3 Å². The molecule has 0 radical (unpaired) electrons. The van der Waals surface area contributed by atoms with Crippen LogP contribution in [0.4, 0.5) is 0 Å². The molecule has 0 amide bonds. The van der Waals surface area contributed by atoms with Gasteiger partial charge in [-0.3, -0.25) is 0 Å². The molecule has 2 heteroatoms. The minimum Gasteiger partial charge on any atom is -0.317 e. The quantitative estimate of drug-likeness (QED) is 0.794. The molecule has 1 saturated heterocycles. The molecule has 0 spiro atoms. The van der Waals surface area contributed by atoms with Crippen LogP contribution in [0.1, 0.15) is 53.4 Å². The maximum atomic E-state index is 3.41. The molecule has 1 aliphatic heterocycles. The average molecular weight is 240 g/mol. The zero-order valence-corrected chi connectivity index (χ0v) is 12.6. The number of nitrogens with one attached hydrogen (secondary N) is 1. The van der Waals surface area contributed by atoms with E-state index in [1.807, 2.05) is 0 Å². The highest BCUT2D eigenvalue weighted by Crippen LogP contribution is 2.23. The van der Waals surface area contributed by atoms with Crippen LogP contribution in [-0.2, 0) is 0 Å². The van der Waals surface area contributed by atoms with Gasteiger partial charge in [-0.15, -0.1) is 0 Å². The Hall–Kier alpha value is -0.0800. The van der Waals surface area contributed by atoms with E-state index in [-0.39, 0.29) is 0 Å². The lowest BCUT2D eigenvalue weighted by molar-refractivity contribution is 0.146. The molecule has 0 saturated carbocycles. The second-order valence-electron chi connectivity index (χ2n) is 6.94. The minimum absolute atomic E-state index is 0.494. The maximum Gasteiger partial charge on any atom is 0.00762 e. The fourth-order valence-corrected chi connectivity index (χ4v) is 2.77. The van der Waals surface area contributed by atoms with Crippen molar-refractivity contribution < 1.29 is 0 Å². The number of nitrogens with zero attached hydrogens (tertiary/aromatic N) is 1. The average Bonchev–Trinajstić information content (AvgIpc) is 2.27. The monoisotopic (exact) mass is 240 g/mol. The molecule has 2 atom stereocenters. The Labute approximate surface area is 108 Å². The van der Waals surface area contributed by atoms with Crippen LogP contribution in [0.5, 0.6) is 0 Å². The highest BCUT2D eigenvalue weighted by atomic mass is 15.1. The summed E-state index contributed by atoms with van der Waals surface area (Å²) >= 11 is 0. The molecule has 102 valence electrons. The van der Waals surface area contributed by atoms with Crippen molar-refractivity contribution in [2.45, 2.75) is 59.4 Å². The van der Waals surface area contributed by atoms with Gasteiger partial charge in [-0.1, -0.05) is 20.8 Å². The summed E-state index contributed by atoms with van der Waals surface area (Å²) in [6.07, 6.45) is 5.48. The third-order valence-electron chi connectivity index (χ3n) is 4.11. The Balaban J connectivity index is 2.25. The second-order valence-corrected chi connectivity index (χ2v) is 6.94. The zero-order valence-electron chi connectivity index (χ0n) is 12.6. The van der Waals surface area contributed by atoms with Gasteiger partial charge in [0.25, 0.3) is 0 Å². The minimum atomic E-state index is 0.494. The molecule has 17 heavy (non-hydrogen) atoms. The summed E-state index contributed by atoms with van der Waals surface area (Å²) in [5, 5.41) is 3.41. The largest absolute Gasteiger partial charge is 0.317 e. The third kappa shape index (κ3) is 5.87. The van der Waals surface area contributed by atoms with Crippen LogP contribution in [0.25, 0.3) is 0 Å². The lowest BCUT2D eigenvalue weighted by atomic mass is 9.89. The Kier molecular flexibility index (Phi) is 5.94. The zero-order chi connectivity index (χ0) is 12.9. The number of hydrogen-bond donors (Lipinski definition) is 1. The molecule has 1 N–H and O–H groups in total. The van der Waals surface area contributed by atoms with Gasteiger partial charge in [-0.25, -0.2) is 0 Å². The molecule has 2 unspecified atom stereocenters. The molecule has 0 aromatic carbocycles. The highest BCUT2D eigenvalue weighted by Gasteiger charge is 2.23. The standard InChI is InChI=1S/C15H32N2/c1-13(16-5)14-8-6-10-17(12-14)11-7-9-15(2,3)4/h13-14,16H,6-12H2,1-5H3. The lowest BCUT2D eigenvalue weighted by Gasteiger charge is -2.36. The number of piperidine rings is 1. The molecule has 0 bridgehead atoms. The molecular formula is C15H32N2. The van der Waals surface area contributed by atoms with Crippen molar-refractivity contribution in [3.63, 3.8) is 0 Å². The summed E-state index contributed by atoms with van der Waals surface area (Å²) < 4.78 is 0. The van der Waals surface area contributed by atoms with Gasteiger partial charge in [0.15, 0.2) is 0 Å². The smallest absolute Gasteiger partial charge is 0.00762 e. The van der Waals surface area contributed by atoms with Crippen molar-refractivity contribution in [3.05, 3.63) is 0 Å². The van der Waals surface area contributed by atoms with Crippen LogP contribution < -0.4 is 5.32 Å². The van der Waals surface area contributed by atoms with Crippen molar-refractivity contribution in [3.8, 4) is 0 Å².